The van der Waals surface area contributed by atoms with Crippen molar-refractivity contribution >= 4 is 36.9 Å². The Kier molecular flexibility index (Phi) is 28.2. The molecule has 0 aromatic rings. The quantitative estimate of drug-likeness (QED) is 0.191. The molecule has 0 aliphatic rings. The summed E-state index contributed by atoms with van der Waals surface area (Å²) in [4.78, 5) is 59.2. The topological polar surface area (TPSA) is 257 Å². The van der Waals surface area contributed by atoms with Gasteiger partial charge in [0.15, 0.2) is 0 Å². The summed E-state index contributed by atoms with van der Waals surface area (Å²) >= 11 is 0. The first kappa shape index (κ1) is 39.8. The molecule has 0 aromatic heterocycles. The van der Waals surface area contributed by atoms with Crippen LogP contribution in [-0.4, -0.2) is 110 Å². The third-order valence-electron chi connectivity index (χ3n) is 2.28. The van der Waals surface area contributed by atoms with Crippen LogP contribution in [0.25, 0.3) is 0 Å². The molecule has 0 radical (unpaired) electrons. The van der Waals surface area contributed by atoms with E-state index < -0.39 is 43.0 Å². The second-order valence-electron chi connectivity index (χ2n) is 6.24. The third kappa shape index (κ3) is 49.7. The smallest absolute Gasteiger partial charge is 0.450 e. The lowest BCUT2D eigenvalue weighted by Gasteiger charge is -2.10. The van der Waals surface area contributed by atoms with Gasteiger partial charge in [0.25, 0.3) is 0 Å². The van der Waals surface area contributed by atoms with E-state index in [0.29, 0.717) is 0 Å². The minimum absolute atomic E-state index is 0.105. The van der Waals surface area contributed by atoms with E-state index in [1.165, 1.54) is 21.1 Å². The maximum absolute atomic E-state index is 10.6. The molecule has 0 saturated heterocycles. The number of carbonyl (C=O) groups excluding carboxylic acids is 2. The summed E-state index contributed by atoms with van der Waals surface area (Å²) in [6, 6.07) is 0. The minimum atomic E-state index is -1.45. The van der Waals surface area contributed by atoms with Crippen LogP contribution >= 0.6 is 0 Å². The van der Waals surface area contributed by atoms with Gasteiger partial charge in [-0.25, -0.2) is 28.8 Å². The van der Waals surface area contributed by atoms with Crippen molar-refractivity contribution in [2.45, 2.75) is 52.9 Å². The molecule has 0 amide bonds. The van der Waals surface area contributed by atoms with Gasteiger partial charge in [0, 0.05) is 0 Å². The molecule has 37 heavy (non-hydrogen) atoms. The lowest BCUT2D eigenvalue weighted by atomic mass is 10.4. The van der Waals surface area contributed by atoms with E-state index in [9.17, 15) is 28.8 Å². The van der Waals surface area contributed by atoms with Crippen molar-refractivity contribution in [2.75, 3.05) is 34.0 Å². The van der Waals surface area contributed by atoms with Crippen molar-refractivity contribution in [1.82, 2.24) is 0 Å². The lowest BCUT2D eigenvalue weighted by molar-refractivity contribution is 0.0122. The van der Waals surface area contributed by atoms with Crippen LogP contribution in [-0.2, 0) is 37.9 Å². The molecule has 0 aliphatic carbocycles. The molecule has 0 heterocycles. The summed E-state index contributed by atoms with van der Waals surface area (Å²) in [6.45, 7) is 7.66. The van der Waals surface area contributed by atoms with Crippen LogP contribution in [0.1, 0.15) is 34.6 Å². The van der Waals surface area contributed by atoms with Crippen LogP contribution in [0.2, 0.25) is 0 Å². The highest BCUT2D eigenvalue weighted by atomic mass is 16.7. The van der Waals surface area contributed by atoms with Crippen LogP contribution in [0.3, 0.4) is 0 Å². The van der Waals surface area contributed by atoms with Gasteiger partial charge in [-0.2, -0.15) is 0 Å². The molecule has 0 aliphatic heterocycles. The Labute approximate surface area is 211 Å². The number of hydrogen-bond donors (Lipinski definition) is 4. The van der Waals surface area contributed by atoms with Gasteiger partial charge in [-0.15, -0.1) is 0 Å². The fourth-order valence-electron chi connectivity index (χ4n) is 1.15. The summed E-state index contributed by atoms with van der Waals surface area (Å²) < 4.78 is 33.5. The van der Waals surface area contributed by atoms with Crippen LogP contribution in [0.15, 0.2) is 0 Å². The first-order valence-electron chi connectivity index (χ1n) is 9.94. The maximum atomic E-state index is 10.6. The van der Waals surface area contributed by atoms with Gasteiger partial charge in [0.2, 0.25) is 0 Å². The molecule has 0 rings (SSSR count). The molecule has 0 bridgehead atoms. The molecule has 0 spiro atoms. The molecule has 18 nitrogen and oxygen atoms in total. The zero-order valence-electron chi connectivity index (χ0n) is 21.4. The number of rotatable bonds is 8. The normalized spacial score (nSPS) is 9.65. The average Bonchev–Trinajstić information content (AvgIpc) is 2.74. The Morgan fingerprint density at radius 1 is 0.541 bits per heavy atom. The highest BCUT2D eigenvalue weighted by molar-refractivity contribution is 5.60. The zero-order valence-corrected chi connectivity index (χ0v) is 21.4. The summed E-state index contributed by atoms with van der Waals surface area (Å²) in [5.74, 6) is 0. The van der Waals surface area contributed by atoms with Gasteiger partial charge in [-0.3, -0.25) is 0 Å². The Hall–Kier alpha value is -4.38. The molecular weight excluding hydrogens is 516 g/mol. The van der Waals surface area contributed by atoms with Gasteiger partial charge in [-0.1, -0.05) is 0 Å². The summed E-state index contributed by atoms with van der Waals surface area (Å²) in [6.07, 6.45) is -8.04. The SMILES string of the molecule is CC(C)OC(=O)OC(C)C.CC(COC(=O)O)OC(=O)O.COC(=O)OC.O=C(O)OCCOC(=O)O. The molecule has 1 unspecified atom stereocenters. The number of hydrogen-bond acceptors (Lipinski definition) is 14. The van der Waals surface area contributed by atoms with Gasteiger partial charge in [0.05, 0.1) is 26.4 Å². The van der Waals surface area contributed by atoms with E-state index in [1.807, 2.05) is 0 Å². The van der Waals surface area contributed by atoms with Gasteiger partial charge in [0.1, 0.15) is 25.9 Å². The minimum Gasteiger partial charge on any atom is -0.450 e. The zero-order chi connectivity index (χ0) is 30.0. The van der Waals surface area contributed by atoms with E-state index >= 15 is 0 Å². The predicted octanol–water partition coefficient (Wildman–Crippen LogP) is 3.50. The van der Waals surface area contributed by atoms with Gasteiger partial charge < -0.3 is 58.3 Å². The highest BCUT2D eigenvalue weighted by Gasteiger charge is 2.09. The Balaban J connectivity index is -0.000000200. The van der Waals surface area contributed by atoms with Gasteiger partial charge in [-0.05, 0) is 34.6 Å². The van der Waals surface area contributed by atoms with Crippen LogP contribution in [0, 0.1) is 0 Å². The van der Waals surface area contributed by atoms with E-state index in [-0.39, 0.29) is 32.0 Å². The van der Waals surface area contributed by atoms with Crippen molar-refractivity contribution in [3.63, 3.8) is 0 Å². The second-order valence-corrected chi connectivity index (χ2v) is 6.24. The summed E-state index contributed by atoms with van der Waals surface area (Å²) in [7, 11) is 2.51. The number of ether oxygens (including phenoxy) is 8. The predicted molar refractivity (Wildman–Crippen MR) is 118 cm³/mol. The molecule has 0 saturated carbocycles. The van der Waals surface area contributed by atoms with Crippen molar-refractivity contribution in [2.24, 2.45) is 0 Å². The Morgan fingerprint density at radius 2 is 0.892 bits per heavy atom. The molecular formula is C19H34O18. The van der Waals surface area contributed by atoms with E-state index in [2.05, 4.69) is 28.4 Å². The lowest BCUT2D eigenvalue weighted by Crippen LogP contribution is -2.20. The number of carbonyl (C=O) groups is 6. The fraction of sp³-hybridized carbons (Fsp3) is 0.684. The molecule has 4 N–H and O–H groups in total. The first-order chi connectivity index (χ1) is 17.0. The average molecular weight is 550 g/mol. The highest BCUT2D eigenvalue weighted by Crippen LogP contribution is 1.96. The van der Waals surface area contributed by atoms with E-state index in [4.69, 9.17) is 29.9 Å². The standard InChI is InChI=1S/C7H14O3.C5H8O6.C4H6O6.C3H6O3/c1-5(2)9-7(8)10-6(3)4;1-3(11-5(8)9)2-10-4(6)7;5-3(6)9-1-2-10-4(7)8;1-5-3(4)6-2/h5-6H,1-4H3;3H,2H2,1H3,(H,6,7)(H,8,9);1-2H2,(H,5,6)(H,7,8);1-2H3. The maximum Gasteiger partial charge on any atom is 0.508 e. The number of carboxylic acid groups (broad SMARTS) is 4. The van der Waals surface area contributed by atoms with Crippen LogP contribution < -0.4 is 0 Å². The summed E-state index contributed by atoms with van der Waals surface area (Å²) in [5, 5.41) is 31.7. The second kappa shape index (κ2) is 26.2. The van der Waals surface area contributed by atoms with Gasteiger partial charge >= 0.3 is 36.9 Å². The molecule has 1 atom stereocenters. The molecule has 0 aromatic carbocycles. The van der Waals surface area contributed by atoms with E-state index in [1.54, 1.807) is 27.7 Å². The Bertz CT molecular complexity index is 625. The molecule has 218 valence electrons. The largest absolute Gasteiger partial charge is 0.508 e. The third-order valence-corrected chi connectivity index (χ3v) is 2.28. The van der Waals surface area contributed by atoms with Crippen LogP contribution in [0.5, 0.6) is 0 Å². The summed E-state index contributed by atoms with van der Waals surface area (Å²) in [5.41, 5.74) is 0. The molecule has 18 heteroatoms. The monoisotopic (exact) mass is 550 g/mol. The van der Waals surface area contributed by atoms with Crippen molar-refractivity contribution in [1.29, 1.82) is 0 Å². The van der Waals surface area contributed by atoms with Crippen molar-refractivity contribution < 1.29 is 87.1 Å². The van der Waals surface area contributed by atoms with E-state index in [0.717, 1.165) is 0 Å². The van der Waals surface area contributed by atoms with Crippen molar-refractivity contribution in [3.8, 4) is 0 Å². The fourth-order valence-corrected chi connectivity index (χ4v) is 1.15. The van der Waals surface area contributed by atoms with Crippen LogP contribution in [0.4, 0.5) is 28.8 Å². The first-order valence-corrected chi connectivity index (χ1v) is 9.94. The molecule has 0 fully saturated rings. The Morgan fingerprint density at radius 3 is 1.11 bits per heavy atom. The number of methoxy groups -OCH3 is 2. The van der Waals surface area contributed by atoms with Crippen molar-refractivity contribution in [3.05, 3.63) is 0 Å².